The number of carbonyl (C=O) groups excluding carboxylic acids is 1. The maximum Gasteiger partial charge on any atom is 0.230 e. The third-order valence-corrected chi connectivity index (χ3v) is 3.34. The monoisotopic (exact) mass is 261 g/mol. The number of hydrogen-bond donors (Lipinski definition) is 2. The van der Waals surface area contributed by atoms with Crippen LogP contribution in [0.15, 0.2) is 29.6 Å². The van der Waals surface area contributed by atoms with Crippen molar-refractivity contribution in [2.24, 2.45) is 5.73 Å². The van der Waals surface area contributed by atoms with Crippen molar-refractivity contribution in [3.63, 3.8) is 0 Å². The minimum atomic E-state index is -0.0607. The molecule has 0 saturated heterocycles. The summed E-state index contributed by atoms with van der Waals surface area (Å²) in [7, 11) is 0. The van der Waals surface area contributed by atoms with E-state index in [-0.39, 0.29) is 12.3 Å². The first-order chi connectivity index (χ1) is 8.67. The number of rotatable bonds is 4. The highest BCUT2D eigenvalue weighted by Gasteiger charge is 2.07. The average molecular weight is 261 g/mol. The quantitative estimate of drug-likeness (QED) is 0.885. The van der Waals surface area contributed by atoms with Crippen molar-refractivity contribution in [1.82, 2.24) is 4.98 Å². The van der Waals surface area contributed by atoms with Crippen molar-refractivity contribution in [3.8, 4) is 0 Å². The smallest absolute Gasteiger partial charge is 0.230 e. The Kier molecular flexibility index (Phi) is 4.07. The summed E-state index contributed by atoms with van der Waals surface area (Å²) in [6.07, 6.45) is 0.282. The van der Waals surface area contributed by atoms with Crippen molar-refractivity contribution in [2.75, 3.05) is 5.32 Å². The van der Waals surface area contributed by atoms with E-state index in [4.69, 9.17) is 5.73 Å². The number of carbonyl (C=O) groups is 1. The van der Waals surface area contributed by atoms with Crippen LogP contribution in [0.25, 0.3) is 0 Å². The Bertz CT molecular complexity index is 551. The van der Waals surface area contributed by atoms with Gasteiger partial charge in [-0.1, -0.05) is 12.1 Å². The van der Waals surface area contributed by atoms with Crippen molar-refractivity contribution in [1.29, 1.82) is 0 Å². The standard InChI is InChI=1S/C13H15N3OS/c1-9-3-2-4-10(5-9)15-12(17)6-11-8-18-13(7-14)16-11/h2-5,8H,6-7,14H2,1H3,(H,15,17). The number of aromatic nitrogens is 1. The van der Waals surface area contributed by atoms with Gasteiger partial charge in [-0.3, -0.25) is 4.79 Å². The van der Waals surface area contributed by atoms with Crippen LogP contribution in [0, 0.1) is 6.92 Å². The Hall–Kier alpha value is -1.72. The van der Waals surface area contributed by atoms with Gasteiger partial charge in [-0.15, -0.1) is 11.3 Å². The second-order valence-electron chi connectivity index (χ2n) is 4.03. The third kappa shape index (κ3) is 3.38. The summed E-state index contributed by atoms with van der Waals surface area (Å²) in [6, 6.07) is 7.71. The normalized spacial score (nSPS) is 10.3. The first-order valence-electron chi connectivity index (χ1n) is 5.67. The molecular formula is C13H15N3OS. The molecule has 0 radical (unpaired) electrons. The van der Waals surface area contributed by atoms with Gasteiger partial charge in [-0.25, -0.2) is 4.98 Å². The fourth-order valence-electron chi connectivity index (χ4n) is 1.62. The van der Waals surface area contributed by atoms with Crippen LogP contribution in [0.4, 0.5) is 5.69 Å². The van der Waals surface area contributed by atoms with Crippen LogP contribution in [0.3, 0.4) is 0 Å². The van der Waals surface area contributed by atoms with E-state index in [1.54, 1.807) is 0 Å². The van der Waals surface area contributed by atoms with E-state index >= 15 is 0 Å². The summed E-state index contributed by atoms with van der Waals surface area (Å²) in [5, 5.41) is 5.58. The van der Waals surface area contributed by atoms with Crippen LogP contribution in [0.5, 0.6) is 0 Å². The molecule has 0 aliphatic heterocycles. The summed E-state index contributed by atoms with van der Waals surface area (Å²) >= 11 is 1.48. The summed E-state index contributed by atoms with van der Waals surface area (Å²) in [4.78, 5) is 16.1. The number of thiazole rings is 1. The summed E-state index contributed by atoms with van der Waals surface area (Å²) in [5.74, 6) is -0.0607. The molecule has 0 fully saturated rings. The fraction of sp³-hybridized carbons (Fsp3) is 0.231. The molecule has 2 rings (SSSR count). The lowest BCUT2D eigenvalue weighted by Crippen LogP contribution is -2.14. The number of amides is 1. The molecule has 18 heavy (non-hydrogen) atoms. The van der Waals surface area contributed by atoms with Gasteiger partial charge in [0, 0.05) is 17.6 Å². The number of nitrogens with one attached hydrogen (secondary N) is 1. The van der Waals surface area contributed by atoms with Crippen LogP contribution in [0.1, 0.15) is 16.3 Å². The lowest BCUT2D eigenvalue weighted by Gasteiger charge is -2.04. The topological polar surface area (TPSA) is 68.0 Å². The highest BCUT2D eigenvalue weighted by atomic mass is 32.1. The number of aryl methyl sites for hydroxylation is 1. The maximum atomic E-state index is 11.8. The van der Waals surface area contributed by atoms with Crippen molar-refractivity contribution in [3.05, 3.63) is 45.9 Å². The van der Waals surface area contributed by atoms with Gasteiger partial charge in [0.2, 0.25) is 5.91 Å². The predicted molar refractivity (Wildman–Crippen MR) is 73.5 cm³/mol. The van der Waals surface area contributed by atoms with Crippen molar-refractivity contribution < 1.29 is 4.79 Å². The van der Waals surface area contributed by atoms with Crippen LogP contribution in [0.2, 0.25) is 0 Å². The molecule has 0 unspecified atom stereocenters. The zero-order valence-electron chi connectivity index (χ0n) is 10.1. The molecule has 1 aromatic heterocycles. The molecule has 0 saturated carbocycles. The van der Waals surface area contributed by atoms with Crippen molar-refractivity contribution >= 4 is 22.9 Å². The Morgan fingerprint density at radius 1 is 1.50 bits per heavy atom. The molecule has 3 N–H and O–H groups in total. The highest BCUT2D eigenvalue weighted by molar-refractivity contribution is 7.09. The van der Waals surface area contributed by atoms with Gasteiger partial charge in [-0.05, 0) is 24.6 Å². The van der Waals surface area contributed by atoms with Crippen LogP contribution < -0.4 is 11.1 Å². The molecule has 5 heteroatoms. The van der Waals surface area contributed by atoms with Gasteiger partial charge in [-0.2, -0.15) is 0 Å². The van der Waals surface area contributed by atoms with Gasteiger partial charge in [0.15, 0.2) is 0 Å². The van der Waals surface area contributed by atoms with Crippen molar-refractivity contribution in [2.45, 2.75) is 19.9 Å². The second-order valence-corrected chi connectivity index (χ2v) is 4.97. The molecule has 4 nitrogen and oxygen atoms in total. The SMILES string of the molecule is Cc1cccc(NC(=O)Cc2csc(CN)n2)c1. The van der Waals surface area contributed by atoms with Crippen LogP contribution >= 0.6 is 11.3 Å². The molecule has 1 amide bonds. The molecule has 0 spiro atoms. The zero-order chi connectivity index (χ0) is 13.0. The minimum absolute atomic E-state index is 0.0607. The van der Waals surface area contributed by atoms with E-state index in [0.717, 1.165) is 22.0 Å². The molecule has 94 valence electrons. The molecule has 0 atom stereocenters. The highest BCUT2D eigenvalue weighted by Crippen LogP contribution is 2.12. The van der Waals surface area contributed by atoms with Gasteiger partial charge >= 0.3 is 0 Å². The number of hydrogen-bond acceptors (Lipinski definition) is 4. The van der Waals surface area contributed by atoms with E-state index in [9.17, 15) is 4.79 Å². The molecule has 0 aliphatic rings. The number of anilines is 1. The maximum absolute atomic E-state index is 11.8. The molecule has 0 aliphatic carbocycles. The predicted octanol–water partition coefficient (Wildman–Crippen LogP) is 2.09. The number of nitrogens with zero attached hydrogens (tertiary/aromatic N) is 1. The Balaban J connectivity index is 1.96. The largest absolute Gasteiger partial charge is 0.326 e. The molecular weight excluding hydrogens is 246 g/mol. The van der Waals surface area contributed by atoms with Crippen LogP contribution in [-0.2, 0) is 17.8 Å². The summed E-state index contributed by atoms with van der Waals surface area (Å²) in [6.45, 7) is 2.41. The van der Waals surface area contributed by atoms with E-state index in [1.807, 2.05) is 36.6 Å². The number of nitrogens with two attached hydrogens (primary N) is 1. The minimum Gasteiger partial charge on any atom is -0.326 e. The van der Waals surface area contributed by atoms with E-state index in [2.05, 4.69) is 10.3 Å². The number of benzene rings is 1. The van der Waals surface area contributed by atoms with E-state index < -0.39 is 0 Å². The van der Waals surface area contributed by atoms with E-state index in [0.29, 0.717) is 6.54 Å². The fourth-order valence-corrected chi connectivity index (χ4v) is 2.29. The average Bonchev–Trinajstić information content (AvgIpc) is 2.76. The molecule has 0 bridgehead atoms. The lowest BCUT2D eigenvalue weighted by atomic mass is 10.2. The van der Waals surface area contributed by atoms with Gasteiger partial charge in [0.1, 0.15) is 5.01 Å². The van der Waals surface area contributed by atoms with Gasteiger partial charge in [0.05, 0.1) is 12.1 Å². The Morgan fingerprint density at radius 2 is 2.33 bits per heavy atom. The Labute approximate surface area is 110 Å². The second kappa shape index (κ2) is 5.75. The van der Waals surface area contributed by atoms with Gasteiger partial charge in [0.25, 0.3) is 0 Å². The Morgan fingerprint density at radius 3 is 3.00 bits per heavy atom. The first kappa shape index (κ1) is 12.7. The van der Waals surface area contributed by atoms with Crippen LogP contribution in [-0.4, -0.2) is 10.9 Å². The zero-order valence-corrected chi connectivity index (χ0v) is 11.0. The molecule has 1 heterocycles. The third-order valence-electron chi connectivity index (χ3n) is 2.42. The van der Waals surface area contributed by atoms with E-state index in [1.165, 1.54) is 11.3 Å². The van der Waals surface area contributed by atoms with Gasteiger partial charge < -0.3 is 11.1 Å². The summed E-state index contributed by atoms with van der Waals surface area (Å²) in [5.41, 5.74) is 8.18. The molecule has 1 aromatic carbocycles. The summed E-state index contributed by atoms with van der Waals surface area (Å²) < 4.78 is 0. The first-order valence-corrected chi connectivity index (χ1v) is 6.55. The lowest BCUT2D eigenvalue weighted by molar-refractivity contribution is -0.115. The molecule has 2 aromatic rings.